The minimum absolute atomic E-state index is 0.110. The van der Waals surface area contributed by atoms with E-state index in [1.165, 1.54) is 6.07 Å². The number of nitrogens with one attached hydrogen (secondary N) is 1. The van der Waals surface area contributed by atoms with Crippen LogP contribution in [0.5, 0.6) is 0 Å². The van der Waals surface area contributed by atoms with Crippen molar-refractivity contribution in [3.63, 3.8) is 0 Å². The van der Waals surface area contributed by atoms with Crippen LogP contribution in [0.2, 0.25) is 0 Å². The van der Waals surface area contributed by atoms with Gasteiger partial charge in [0, 0.05) is 31.4 Å². The second-order valence-electron chi connectivity index (χ2n) is 4.64. The first-order chi connectivity index (χ1) is 9.13. The van der Waals surface area contributed by atoms with E-state index in [2.05, 4.69) is 17.1 Å². The van der Waals surface area contributed by atoms with Gasteiger partial charge in [-0.15, -0.1) is 0 Å². The van der Waals surface area contributed by atoms with Crippen LogP contribution in [0.25, 0.3) is 0 Å². The second-order valence-corrected chi connectivity index (χ2v) is 4.64. The zero-order valence-electron chi connectivity index (χ0n) is 12.1. The molecule has 0 spiro atoms. The summed E-state index contributed by atoms with van der Waals surface area (Å²) in [5.41, 5.74) is 2.02. The summed E-state index contributed by atoms with van der Waals surface area (Å²) < 4.78 is 13.5. The standard InChI is InChI=1S/C15H25FN2O/c1-4-17-12(3)14-11-13(16)7-8-15(14)18(5-2)9-6-10-19/h7-8,11-12,17,19H,4-6,9-10H2,1-3H3. The van der Waals surface area contributed by atoms with Gasteiger partial charge in [-0.3, -0.25) is 0 Å². The van der Waals surface area contributed by atoms with Gasteiger partial charge < -0.3 is 15.3 Å². The molecule has 0 fully saturated rings. The molecule has 4 heteroatoms. The van der Waals surface area contributed by atoms with Gasteiger partial charge in [0.2, 0.25) is 0 Å². The molecule has 0 heterocycles. The molecule has 2 N–H and O–H groups in total. The molecule has 1 aromatic rings. The van der Waals surface area contributed by atoms with E-state index in [1.54, 1.807) is 6.07 Å². The van der Waals surface area contributed by atoms with E-state index >= 15 is 0 Å². The molecule has 1 rings (SSSR count). The molecular formula is C15H25FN2O. The van der Waals surface area contributed by atoms with Gasteiger partial charge in [-0.25, -0.2) is 4.39 Å². The average molecular weight is 268 g/mol. The molecule has 3 nitrogen and oxygen atoms in total. The molecule has 0 radical (unpaired) electrons. The van der Waals surface area contributed by atoms with Gasteiger partial charge in [0.1, 0.15) is 5.82 Å². The number of benzene rings is 1. The largest absolute Gasteiger partial charge is 0.396 e. The maximum atomic E-state index is 13.5. The Hall–Kier alpha value is -1.13. The van der Waals surface area contributed by atoms with Crippen molar-refractivity contribution < 1.29 is 9.50 Å². The molecule has 19 heavy (non-hydrogen) atoms. The van der Waals surface area contributed by atoms with Gasteiger partial charge in [0.05, 0.1) is 0 Å². The van der Waals surface area contributed by atoms with E-state index in [-0.39, 0.29) is 18.5 Å². The lowest BCUT2D eigenvalue weighted by atomic mass is 10.0. The van der Waals surface area contributed by atoms with Crippen LogP contribution in [0.15, 0.2) is 18.2 Å². The quantitative estimate of drug-likeness (QED) is 0.761. The summed E-state index contributed by atoms with van der Waals surface area (Å²) in [5, 5.41) is 12.3. The van der Waals surface area contributed by atoms with Crippen LogP contribution < -0.4 is 10.2 Å². The normalized spacial score (nSPS) is 12.5. The Morgan fingerprint density at radius 1 is 1.37 bits per heavy atom. The Kier molecular flexibility index (Phi) is 6.81. The summed E-state index contributed by atoms with van der Waals surface area (Å²) in [6.07, 6.45) is 0.722. The van der Waals surface area contributed by atoms with Crippen LogP contribution >= 0.6 is 0 Å². The molecule has 0 aromatic heterocycles. The number of hydrogen-bond acceptors (Lipinski definition) is 3. The minimum Gasteiger partial charge on any atom is -0.396 e. The lowest BCUT2D eigenvalue weighted by Gasteiger charge is -2.28. The highest BCUT2D eigenvalue weighted by atomic mass is 19.1. The number of aliphatic hydroxyl groups is 1. The van der Waals surface area contributed by atoms with E-state index in [0.29, 0.717) is 0 Å². The monoisotopic (exact) mass is 268 g/mol. The molecule has 0 amide bonds. The summed E-state index contributed by atoms with van der Waals surface area (Å²) in [6.45, 7) is 8.81. The summed E-state index contributed by atoms with van der Waals surface area (Å²) in [4.78, 5) is 2.18. The van der Waals surface area contributed by atoms with Crippen molar-refractivity contribution >= 4 is 5.69 Å². The number of aliphatic hydroxyl groups excluding tert-OH is 1. The van der Waals surface area contributed by atoms with Crippen molar-refractivity contribution in [2.24, 2.45) is 0 Å². The lowest BCUT2D eigenvalue weighted by molar-refractivity contribution is 0.289. The van der Waals surface area contributed by atoms with Crippen molar-refractivity contribution in [2.45, 2.75) is 33.2 Å². The van der Waals surface area contributed by atoms with Crippen molar-refractivity contribution in [2.75, 3.05) is 31.1 Å². The average Bonchev–Trinajstić information content (AvgIpc) is 2.41. The fraction of sp³-hybridized carbons (Fsp3) is 0.600. The molecule has 0 aliphatic heterocycles. The third-order valence-electron chi connectivity index (χ3n) is 3.27. The number of hydrogen-bond donors (Lipinski definition) is 2. The summed E-state index contributed by atoms with van der Waals surface area (Å²) >= 11 is 0. The zero-order valence-corrected chi connectivity index (χ0v) is 12.1. The molecule has 0 aliphatic carbocycles. The van der Waals surface area contributed by atoms with E-state index in [0.717, 1.165) is 37.3 Å². The van der Waals surface area contributed by atoms with Gasteiger partial charge >= 0.3 is 0 Å². The van der Waals surface area contributed by atoms with Crippen molar-refractivity contribution in [3.8, 4) is 0 Å². The molecule has 1 unspecified atom stereocenters. The minimum atomic E-state index is -0.207. The molecule has 0 aliphatic rings. The number of anilines is 1. The first-order valence-corrected chi connectivity index (χ1v) is 7.02. The van der Waals surface area contributed by atoms with Crippen LogP contribution in [0.4, 0.5) is 10.1 Å². The maximum Gasteiger partial charge on any atom is 0.123 e. The molecule has 0 bridgehead atoms. The third-order valence-corrected chi connectivity index (χ3v) is 3.27. The smallest absolute Gasteiger partial charge is 0.123 e. The molecule has 1 atom stereocenters. The lowest BCUT2D eigenvalue weighted by Crippen LogP contribution is -2.28. The Morgan fingerprint density at radius 3 is 2.68 bits per heavy atom. The Balaban J connectivity index is 3.02. The van der Waals surface area contributed by atoms with Crippen LogP contribution in [-0.2, 0) is 0 Å². The Morgan fingerprint density at radius 2 is 2.11 bits per heavy atom. The third kappa shape index (κ3) is 4.48. The van der Waals surface area contributed by atoms with Gasteiger partial charge in [0.25, 0.3) is 0 Å². The fourth-order valence-electron chi connectivity index (χ4n) is 2.29. The van der Waals surface area contributed by atoms with Crippen molar-refractivity contribution in [1.82, 2.24) is 5.32 Å². The summed E-state index contributed by atoms with van der Waals surface area (Å²) in [5.74, 6) is -0.207. The Labute approximate surface area is 115 Å². The van der Waals surface area contributed by atoms with E-state index in [9.17, 15) is 4.39 Å². The van der Waals surface area contributed by atoms with Crippen molar-refractivity contribution in [3.05, 3.63) is 29.6 Å². The molecule has 108 valence electrons. The van der Waals surface area contributed by atoms with Gasteiger partial charge in [-0.05, 0) is 50.6 Å². The van der Waals surface area contributed by atoms with Gasteiger partial charge in [0.15, 0.2) is 0 Å². The number of rotatable bonds is 8. The highest BCUT2D eigenvalue weighted by Crippen LogP contribution is 2.27. The van der Waals surface area contributed by atoms with E-state index < -0.39 is 0 Å². The molecule has 0 saturated heterocycles. The van der Waals surface area contributed by atoms with Crippen LogP contribution in [-0.4, -0.2) is 31.3 Å². The predicted octanol–water partition coefficient (Wildman–Crippen LogP) is 2.70. The SMILES string of the molecule is CCNC(C)c1cc(F)ccc1N(CC)CCCO. The van der Waals surface area contributed by atoms with Gasteiger partial charge in [-0.2, -0.15) is 0 Å². The number of halogens is 1. The molecule has 0 saturated carbocycles. The maximum absolute atomic E-state index is 13.5. The van der Waals surface area contributed by atoms with Crippen molar-refractivity contribution in [1.29, 1.82) is 0 Å². The molecule has 1 aromatic carbocycles. The zero-order chi connectivity index (χ0) is 14.3. The fourth-order valence-corrected chi connectivity index (χ4v) is 2.29. The highest BCUT2D eigenvalue weighted by molar-refractivity contribution is 5.55. The van der Waals surface area contributed by atoms with E-state index in [1.807, 2.05) is 19.9 Å². The summed E-state index contributed by atoms with van der Waals surface area (Å²) in [6, 6.07) is 5.04. The first kappa shape index (κ1) is 15.9. The number of nitrogens with zero attached hydrogens (tertiary/aromatic N) is 1. The predicted molar refractivity (Wildman–Crippen MR) is 78.1 cm³/mol. The topological polar surface area (TPSA) is 35.5 Å². The van der Waals surface area contributed by atoms with Crippen LogP contribution in [0, 0.1) is 5.82 Å². The summed E-state index contributed by atoms with van der Waals surface area (Å²) in [7, 11) is 0. The van der Waals surface area contributed by atoms with Crippen LogP contribution in [0.3, 0.4) is 0 Å². The molecular weight excluding hydrogens is 243 g/mol. The van der Waals surface area contributed by atoms with Crippen LogP contribution in [0.1, 0.15) is 38.8 Å². The van der Waals surface area contributed by atoms with Gasteiger partial charge in [-0.1, -0.05) is 6.92 Å². The second kappa shape index (κ2) is 8.12. The highest BCUT2D eigenvalue weighted by Gasteiger charge is 2.15. The first-order valence-electron chi connectivity index (χ1n) is 7.02. The Bertz CT molecular complexity index is 384. The van der Waals surface area contributed by atoms with E-state index in [4.69, 9.17) is 5.11 Å².